The van der Waals surface area contributed by atoms with Gasteiger partial charge in [-0.15, -0.1) is 0 Å². The number of aromatic nitrogens is 1. The third-order valence-corrected chi connectivity index (χ3v) is 5.64. The Morgan fingerprint density at radius 3 is 2.03 bits per heavy atom. The maximum Gasteiger partial charge on any atom is 0.261 e. The van der Waals surface area contributed by atoms with Crippen LogP contribution in [0.1, 0.15) is 59.9 Å². The van der Waals surface area contributed by atoms with Crippen molar-refractivity contribution in [1.29, 1.82) is 0 Å². The molecule has 0 spiro atoms. The lowest BCUT2D eigenvalue weighted by Gasteiger charge is -2.17. The van der Waals surface area contributed by atoms with Gasteiger partial charge in [-0.05, 0) is 60.5 Å². The molecule has 2 heterocycles. The normalized spacial score (nSPS) is 13.8. The molecule has 2 aromatic carbocycles. The number of benzene rings is 2. The molecule has 0 radical (unpaired) electrons. The number of carbonyl (C=O) groups excluding carboxylic acids is 2. The van der Waals surface area contributed by atoms with Crippen molar-refractivity contribution in [2.24, 2.45) is 7.05 Å². The average molecular weight is 388 g/mol. The summed E-state index contributed by atoms with van der Waals surface area (Å²) in [5.74, 6) is -0.341. The highest BCUT2D eigenvalue weighted by Crippen LogP contribution is 2.31. The zero-order valence-corrected chi connectivity index (χ0v) is 17.3. The average Bonchev–Trinajstić information content (AvgIpc) is 2.94. The standard InChI is InChI=1S/C24H24N2O3/c1-13(2)19-11-17-7-6-16(12-21(17)25(5)22(19)27)15-8-9-18-20(10-15)24(29)26(14(3)4)23(18)28/h6-14H,1-5H3. The van der Waals surface area contributed by atoms with Crippen LogP contribution in [0.3, 0.4) is 0 Å². The third-order valence-electron chi connectivity index (χ3n) is 5.64. The van der Waals surface area contributed by atoms with Crippen LogP contribution in [0, 0.1) is 0 Å². The van der Waals surface area contributed by atoms with E-state index in [1.54, 1.807) is 23.7 Å². The van der Waals surface area contributed by atoms with Crippen LogP contribution in [0.4, 0.5) is 0 Å². The van der Waals surface area contributed by atoms with E-state index in [1.807, 2.05) is 58.0 Å². The van der Waals surface area contributed by atoms with Crippen LogP contribution in [-0.4, -0.2) is 27.3 Å². The van der Waals surface area contributed by atoms with Gasteiger partial charge >= 0.3 is 0 Å². The SMILES string of the molecule is CC(C)c1cc2ccc(-c3ccc4c(c3)C(=O)N(C(C)C)C4=O)cc2n(C)c1=O. The lowest BCUT2D eigenvalue weighted by Crippen LogP contribution is -2.35. The van der Waals surface area contributed by atoms with Crippen molar-refractivity contribution in [3.63, 3.8) is 0 Å². The van der Waals surface area contributed by atoms with Crippen molar-refractivity contribution in [3.05, 3.63) is 69.5 Å². The molecular formula is C24H24N2O3. The van der Waals surface area contributed by atoms with Crippen LogP contribution in [0.25, 0.3) is 22.0 Å². The molecule has 0 aliphatic carbocycles. The Balaban J connectivity index is 1.84. The molecule has 1 aliphatic heterocycles. The van der Waals surface area contributed by atoms with E-state index in [4.69, 9.17) is 0 Å². The number of nitrogens with zero attached hydrogens (tertiary/aromatic N) is 2. The number of fused-ring (bicyclic) bond motifs is 2. The van der Waals surface area contributed by atoms with E-state index in [9.17, 15) is 14.4 Å². The lowest BCUT2D eigenvalue weighted by molar-refractivity contribution is 0.0609. The minimum atomic E-state index is -0.253. The highest BCUT2D eigenvalue weighted by molar-refractivity contribution is 6.22. The van der Waals surface area contributed by atoms with E-state index in [-0.39, 0.29) is 29.3 Å². The van der Waals surface area contributed by atoms with Crippen molar-refractivity contribution >= 4 is 22.7 Å². The molecule has 0 saturated heterocycles. The van der Waals surface area contributed by atoms with Crippen LogP contribution in [0.2, 0.25) is 0 Å². The molecule has 0 saturated carbocycles. The monoisotopic (exact) mass is 388 g/mol. The van der Waals surface area contributed by atoms with Crippen LogP contribution >= 0.6 is 0 Å². The summed E-state index contributed by atoms with van der Waals surface area (Å²) >= 11 is 0. The van der Waals surface area contributed by atoms with E-state index in [2.05, 4.69) is 0 Å². The number of rotatable bonds is 3. The first kappa shape index (κ1) is 19.1. The van der Waals surface area contributed by atoms with Gasteiger partial charge in [0.1, 0.15) is 0 Å². The van der Waals surface area contributed by atoms with Crippen LogP contribution in [0.15, 0.2) is 47.3 Å². The Bertz CT molecular complexity index is 1230. The fourth-order valence-corrected chi connectivity index (χ4v) is 3.99. The summed E-state index contributed by atoms with van der Waals surface area (Å²) in [5, 5.41) is 0.998. The Hall–Kier alpha value is -3.21. The summed E-state index contributed by atoms with van der Waals surface area (Å²) in [6, 6.07) is 13.1. The second-order valence-electron chi connectivity index (χ2n) is 8.23. The van der Waals surface area contributed by atoms with Gasteiger partial charge in [0, 0.05) is 18.7 Å². The molecular weight excluding hydrogens is 364 g/mol. The van der Waals surface area contributed by atoms with Gasteiger partial charge in [0.25, 0.3) is 17.4 Å². The molecule has 29 heavy (non-hydrogen) atoms. The van der Waals surface area contributed by atoms with Gasteiger partial charge in [-0.25, -0.2) is 0 Å². The fourth-order valence-electron chi connectivity index (χ4n) is 3.99. The van der Waals surface area contributed by atoms with Crippen molar-refractivity contribution in [1.82, 2.24) is 9.47 Å². The van der Waals surface area contributed by atoms with E-state index >= 15 is 0 Å². The number of imide groups is 1. The lowest BCUT2D eigenvalue weighted by atomic mass is 9.97. The molecule has 2 amide bonds. The predicted octanol–water partition coefficient (Wildman–Crippen LogP) is 4.33. The summed E-state index contributed by atoms with van der Waals surface area (Å²) in [6.07, 6.45) is 0. The molecule has 0 bridgehead atoms. The maximum absolute atomic E-state index is 12.7. The minimum Gasteiger partial charge on any atom is -0.311 e. The molecule has 3 aromatic rings. The van der Waals surface area contributed by atoms with Crippen LogP contribution < -0.4 is 5.56 Å². The summed E-state index contributed by atoms with van der Waals surface area (Å²) in [4.78, 5) is 39.2. The van der Waals surface area contributed by atoms with Crippen molar-refractivity contribution in [2.75, 3.05) is 0 Å². The van der Waals surface area contributed by atoms with Gasteiger partial charge in [-0.2, -0.15) is 0 Å². The van der Waals surface area contributed by atoms with E-state index in [0.717, 1.165) is 27.6 Å². The van der Waals surface area contributed by atoms with E-state index < -0.39 is 0 Å². The largest absolute Gasteiger partial charge is 0.311 e. The molecule has 0 atom stereocenters. The first-order valence-corrected chi connectivity index (χ1v) is 9.86. The summed E-state index contributed by atoms with van der Waals surface area (Å²) in [7, 11) is 1.78. The first-order chi connectivity index (χ1) is 13.7. The van der Waals surface area contributed by atoms with Gasteiger partial charge < -0.3 is 4.57 Å². The Morgan fingerprint density at radius 2 is 1.38 bits per heavy atom. The predicted molar refractivity (Wildman–Crippen MR) is 114 cm³/mol. The summed E-state index contributed by atoms with van der Waals surface area (Å²) < 4.78 is 1.68. The quantitative estimate of drug-likeness (QED) is 0.628. The van der Waals surface area contributed by atoms with E-state index in [0.29, 0.717) is 11.1 Å². The molecule has 5 nitrogen and oxygen atoms in total. The zero-order valence-electron chi connectivity index (χ0n) is 17.3. The molecule has 1 aliphatic rings. The zero-order chi connectivity index (χ0) is 21.0. The number of aryl methyl sites for hydroxylation is 1. The second-order valence-corrected chi connectivity index (χ2v) is 8.23. The topological polar surface area (TPSA) is 59.4 Å². The smallest absolute Gasteiger partial charge is 0.261 e. The number of amides is 2. The van der Waals surface area contributed by atoms with Crippen LogP contribution in [-0.2, 0) is 7.05 Å². The molecule has 1 aromatic heterocycles. The van der Waals surface area contributed by atoms with Crippen molar-refractivity contribution in [2.45, 2.75) is 39.7 Å². The Kier molecular flexibility index (Phi) is 4.41. The first-order valence-electron chi connectivity index (χ1n) is 9.86. The molecule has 148 valence electrons. The van der Waals surface area contributed by atoms with Gasteiger partial charge in [0.15, 0.2) is 0 Å². The maximum atomic E-state index is 12.7. The molecule has 5 heteroatoms. The van der Waals surface area contributed by atoms with Crippen molar-refractivity contribution < 1.29 is 9.59 Å². The minimum absolute atomic E-state index is 0.00644. The number of carbonyl (C=O) groups is 2. The van der Waals surface area contributed by atoms with Gasteiger partial charge in [-0.1, -0.05) is 32.0 Å². The second kappa shape index (κ2) is 6.69. The number of hydrogen-bond donors (Lipinski definition) is 0. The highest BCUT2D eigenvalue weighted by Gasteiger charge is 2.37. The number of hydrogen-bond acceptors (Lipinski definition) is 3. The van der Waals surface area contributed by atoms with Gasteiger partial charge in [-0.3, -0.25) is 19.3 Å². The fraction of sp³-hybridized carbons (Fsp3) is 0.292. The van der Waals surface area contributed by atoms with Crippen molar-refractivity contribution in [3.8, 4) is 11.1 Å². The highest BCUT2D eigenvalue weighted by atomic mass is 16.2. The summed E-state index contributed by atoms with van der Waals surface area (Å²) in [6.45, 7) is 7.69. The molecule has 4 rings (SSSR count). The summed E-state index contributed by atoms with van der Waals surface area (Å²) in [5.41, 5.74) is 4.26. The van der Waals surface area contributed by atoms with E-state index in [1.165, 1.54) is 4.90 Å². The molecule has 0 fully saturated rings. The Labute approximate surface area is 169 Å². The third kappa shape index (κ3) is 2.89. The van der Waals surface area contributed by atoms with Gasteiger partial charge in [0.2, 0.25) is 0 Å². The molecule has 0 N–H and O–H groups in total. The molecule has 0 unspecified atom stereocenters. The number of pyridine rings is 1. The Morgan fingerprint density at radius 1 is 0.759 bits per heavy atom. The van der Waals surface area contributed by atoms with Gasteiger partial charge in [0.05, 0.1) is 16.6 Å². The van der Waals surface area contributed by atoms with Crippen LogP contribution in [0.5, 0.6) is 0 Å².